The van der Waals surface area contributed by atoms with E-state index in [0.29, 0.717) is 9.13 Å². The van der Waals surface area contributed by atoms with E-state index < -0.39 is 69.9 Å². The highest BCUT2D eigenvalue weighted by Gasteiger charge is 2.67. The Labute approximate surface area is 251 Å². The summed E-state index contributed by atoms with van der Waals surface area (Å²) in [5, 5.41) is 45.9. The maximum absolute atomic E-state index is 14.1. The number of likely N-dealkylation sites (N-methyl/N-ethyl adjacent to an activating group) is 1. The van der Waals surface area contributed by atoms with E-state index in [0.717, 1.165) is 32.1 Å². The molecule has 1 amide bonds. The summed E-state index contributed by atoms with van der Waals surface area (Å²) in [6.07, 6.45) is 4.18. The van der Waals surface area contributed by atoms with Crippen LogP contribution >= 0.6 is 22.6 Å². The average Bonchev–Trinajstić information content (AvgIpc) is 2.91. The molecule has 0 spiro atoms. The smallest absolute Gasteiger partial charge is 0.255 e. The first kappa shape index (κ1) is 29.7. The minimum Gasteiger partial charge on any atom is -0.510 e. The third kappa shape index (κ3) is 4.25. The number of aliphatic hydroxyl groups is 3. The zero-order valence-electron chi connectivity index (χ0n) is 23.2. The van der Waals surface area contributed by atoms with Crippen LogP contribution in [0.4, 0.5) is 0 Å². The molecule has 1 aromatic carbocycles. The Morgan fingerprint density at radius 1 is 1.10 bits per heavy atom. The van der Waals surface area contributed by atoms with Gasteiger partial charge in [0.05, 0.1) is 11.6 Å². The maximum Gasteiger partial charge on any atom is 0.255 e. The lowest BCUT2D eigenvalue weighted by molar-refractivity contribution is -0.156. The minimum atomic E-state index is -2.82. The number of hydrogen-bond donors (Lipinski definition) is 5. The van der Waals surface area contributed by atoms with E-state index in [4.69, 9.17) is 5.73 Å². The van der Waals surface area contributed by atoms with Crippen LogP contribution in [0.15, 0.2) is 34.8 Å². The van der Waals surface area contributed by atoms with Crippen LogP contribution < -0.4 is 5.73 Å². The average molecular weight is 679 g/mol. The van der Waals surface area contributed by atoms with Gasteiger partial charge in [-0.3, -0.25) is 24.1 Å². The van der Waals surface area contributed by atoms with Crippen molar-refractivity contribution in [2.45, 2.75) is 63.0 Å². The normalized spacial score (nSPS) is 32.1. The zero-order valence-corrected chi connectivity index (χ0v) is 25.3. The molecule has 220 valence electrons. The van der Waals surface area contributed by atoms with E-state index in [-0.39, 0.29) is 35.0 Å². The van der Waals surface area contributed by atoms with Gasteiger partial charge in [0.1, 0.15) is 28.6 Å². The number of aromatic hydroxyl groups is 1. The first-order chi connectivity index (χ1) is 19.2. The van der Waals surface area contributed by atoms with Crippen molar-refractivity contribution in [3.63, 3.8) is 0 Å². The fraction of sp³-hybridized carbons (Fsp3) is 0.533. The standard InChI is InChI=1S/C30H35IN2O8/c1-12-18-14(11-17(35)13-7-5-4-6-8-13)23-24(33(2)3)26(37)22(29(32)40)28(39)30(23,41)27(38)21(18)25(36)20-16(34)10-9-15(31)19(12)20/h9-10,12-14,18,23-24,34,37-38,41H,4-8,11H2,1-3H3,(H2,32,40)/t12-,14+,18+,23+,24+,30+/m1/s1. The van der Waals surface area contributed by atoms with Crippen molar-refractivity contribution in [2.24, 2.45) is 29.4 Å². The summed E-state index contributed by atoms with van der Waals surface area (Å²) in [5.74, 6) is -9.06. The number of ketones is 3. The Bertz CT molecular complexity index is 1430. The molecule has 6 N–H and O–H groups in total. The number of amides is 1. The summed E-state index contributed by atoms with van der Waals surface area (Å²) in [6, 6.07) is 1.86. The Hall–Kier alpha value is -2.77. The molecule has 10 nitrogen and oxygen atoms in total. The molecule has 1 aromatic rings. The monoisotopic (exact) mass is 678 g/mol. The summed E-state index contributed by atoms with van der Waals surface area (Å²) in [5.41, 5.74) is 2.04. The Balaban J connectivity index is 1.80. The Morgan fingerprint density at radius 3 is 2.32 bits per heavy atom. The summed E-state index contributed by atoms with van der Waals surface area (Å²) < 4.78 is 0.704. The number of phenolic OH excluding ortho intramolecular Hbond substituents is 1. The maximum atomic E-state index is 14.1. The van der Waals surface area contributed by atoms with Crippen molar-refractivity contribution >= 4 is 45.8 Å². The fourth-order valence-electron chi connectivity index (χ4n) is 7.96. The summed E-state index contributed by atoms with van der Waals surface area (Å²) in [4.78, 5) is 55.6. The van der Waals surface area contributed by atoms with Crippen LogP contribution in [0.1, 0.15) is 67.3 Å². The molecule has 1 fully saturated rings. The molecule has 0 radical (unpaired) electrons. The van der Waals surface area contributed by atoms with E-state index in [1.165, 1.54) is 11.0 Å². The second-order valence-corrected chi connectivity index (χ2v) is 13.2. The molecule has 4 aliphatic rings. The number of primary amides is 1. The number of fused-ring (bicyclic) bond motifs is 3. The van der Waals surface area contributed by atoms with Gasteiger partial charge in [-0.25, -0.2) is 0 Å². The zero-order chi connectivity index (χ0) is 30.1. The number of nitrogens with two attached hydrogens (primary N) is 1. The lowest BCUT2D eigenvalue weighted by Crippen LogP contribution is -2.67. The molecule has 5 rings (SSSR count). The summed E-state index contributed by atoms with van der Waals surface area (Å²) in [6.45, 7) is 1.83. The van der Waals surface area contributed by atoms with Gasteiger partial charge in [0.25, 0.3) is 5.91 Å². The predicted octanol–water partition coefficient (Wildman–Crippen LogP) is 3.05. The number of phenols is 1. The molecule has 4 aliphatic carbocycles. The molecular weight excluding hydrogens is 643 g/mol. The number of allylic oxidation sites excluding steroid dienone is 1. The van der Waals surface area contributed by atoms with E-state index in [1.54, 1.807) is 20.2 Å². The third-order valence-corrected chi connectivity index (χ3v) is 10.7. The van der Waals surface area contributed by atoms with E-state index in [2.05, 4.69) is 22.6 Å². The van der Waals surface area contributed by atoms with Crippen LogP contribution in [0.5, 0.6) is 5.75 Å². The van der Waals surface area contributed by atoms with Gasteiger partial charge < -0.3 is 26.2 Å². The van der Waals surface area contributed by atoms with Crippen LogP contribution in [0.2, 0.25) is 0 Å². The molecule has 0 unspecified atom stereocenters. The molecule has 0 aromatic heterocycles. The van der Waals surface area contributed by atoms with Gasteiger partial charge in [-0.15, -0.1) is 0 Å². The van der Waals surface area contributed by atoms with Crippen molar-refractivity contribution in [3.05, 3.63) is 49.5 Å². The quantitative estimate of drug-likeness (QED) is 0.231. The molecule has 41 heavy (non-hydrogen) atoms. The van der Waals surface area contributed by atoms with Gasteiger partial charge in [-0.05, 0) is 79.1 Å². The van der Waals surface area contributed by atoms with Gasteiger partial charge in [0, 0.05) is 33.3 Å². The van der Waals surface area contributed by atoms with Gasteiger partial charge >= 0.3 is 0 Å². The molecule has 1 saturated carbocycles. The topological polar surface area (TPSA) is 178 Å². The van der Waals surface area contributed by atoms with Gasteiger partial charge in [-0.1, -0.05) is 26.2 Å². The van der Waals surface area contributed by atoms with E-state index in [9.17, 15) is 39.6 Å². The number of carbonyl (C=O) groups excluding carboxylic acids is 4. The first-order valence-corrected chi connectivity index (χ1v) is 15.0. The van der Waals surface area contributed by atoms with Crippen LogP contribution in [0.3, 0.4) is 0 Å². The number of carbonyl (C=O) groups is 4. The van der Waals surface area contributed by atoms with Crippen LogP contribution in [-0.2, 0) is 14.4 Å². The lowest BCUT2D eigenvalue weighted by atomic mass is 9.51. The van der Waals surface area contributed by atoms with Gasteiger partial charge in [0.15, 0.2) is 11.4 Å². The lowest BCUT2D eigenvalue weighted by Gasteiger charge is -2.55. The molecule has 0 bridgehead atoms. The predicted molar refractivity (Wildman–Crippen MR) is 156 cm³/mol. The largest absolute Gasteiger partial charge is 0.510 e. The third-order valence-electron chi connectivity index (χ3n) is 9.74. The van der Waals surface area contributed by atoms with Crippen molar-refractivity contribution in [1.29, 1.82) is 0 Å². The number of rotatable bonds is 5. The van der Waals surface area contributed by atoms with Crippen molar-refractivity contribution in [3.8, 4) is 5.75 Å². The molecule has 0 aliphatic heterocycles. The molecule has 11 heteroatoms. The fourth-order valence-corrected chi connectivity index (χ4v) is 8.90. The summed E-state index contributed by atoms with van der Waals surface area (Å²) >= 11 is 2.07. The van der Waals surface area contributed by atoms with E-state index in [1.807, 2.05) is 6.92 Å². The van der Waals surface area contributed by atoms with Gasteiger partial charge in [-0.2, -0.15) is 0 Å². The molecule has 6 atom stereocenters. The number of benzene rings is 1. The van der Waals surface area contributed by atoms with Gasteiger partial charge in [0.2, 0.25) is 5.78 Å². The van der Waals surface area contributed by atoms with Crippen LogP contribution in [0, 0.1) is 27.2 Å². The molecular formula is C30H35IN2O8. The number of hydrogen-bond acceptors (Lipinski definition) is 9. The minimum absolute atomic E-state index is 0.0393. The highest BCUT2D eigenvalue weighted by atomic mass is 127. The highest BCUT2D eigenvalue weighted by molar-refractivity contribution is 14.1. The number of aliphatic hydroxyl groups excluding tert-OH is 2. The molecule has 0 saturated heterocycles. The highest BCUT2D eigenvalue weighted by Crippen LogP contribution is 2.59. The Kier molecular flexibility index (Phi) is 7.61. The van der Waals surface area contributed by atoms with E-state index >= 15 is 0 Å². The number of halogens is 1. The first-order valence-electron chi connectivity index (χ1n) is 13.9. The summed E-state index contributed by atoms with van der Waals surface area (Å²) in [7, 11) is 3.16. The second-order valence-electron chi connectivity index (χ2n) is 12.1. The van der Waals surface area contributed by atoms with Crippen molar-refractivity contribution in [2.75, 3.05) is 14.1 Å². The molecule has 0 heterocycles. The Morgan fingerprint density at radius 2 is 1.73 bits per heavy atom. The number of Topliss-reactive ketones (excluding diaryl/α,β-unsaturated/α-hetero) is 3. The number of nitrogens with zero attached hydrogens (tertiary/aromatic N) is 1. The van der Waals surface area contributed by atoms with Crippen LogP contribution in [-0.4, -0.2) is 74.3 Å². The SMILES string of the molecule is C[C@H]1c2c(I)ccc(O)c2C(=O)C2=C(O)[C@]3(O)C(=O)C(C(N)=O)=C(O)[C@@H](N(C)C)[C@@H]3[C@@H](CC(=O)C3CCCCC3)[C@@H]21. The van der Waals surface area contributed by atoms with Crippen molar-refractivity contribution in [1.82, 2.24) is 4.90 Å². The second kappa shape index (κ2) is 10.5. The van der Waals surface area contributed by atoms with Crippen LogP contribution in [0.25, 0.3) is 0 Å². The van der Waals surface area contributed by atoms with Crippen molar-refractivity contribution < 1.29 is 39.6 Å².